The molecule has 3 N–H and O–H groups in total. The fourth-order valence-corrected chi connectivity index (χ4v) is 2.58. The summed E-state index contributed by atoms with van der Waals surface area (Å²) in [7, 11) is 0. The lowest BCUT2D eigenvalue weighted by atomic mass is 9.79. The number of aliphatic hydroxyl groups excluding tert-OH is 1. The van der Waals surface area contributed by atoms with Crippen LogP contribution < -0.4 is 5.32 Å². The highest BCUT2D eigenvalue weighted by atomic mass is 16.3. The molecule has 1 saturated carbocycles. The van der Waals surface area contributed by atoms with E-state index in [0.29, 0.717) is 18.0 Å². The van der Waals surface area contributed by atoms with Crippen molar-refractivity contribution < 1.29 is 15.0 Å². The third kappa shape index (κ3) is 3.81. The van der Waals surface area contributed by atoms with E-state index in [2.05, 4.69) is 12.2 Å². The van der Waals surface area contributed by atoms with Crippen molar-refractivity contribution in [3.05, 3.63) is 35.4 Å². The minimum absolute atomic E-state index is 0.0279. The summed E-state index contributed by atoms with van der Waals surface area (Å²) in [4.78, 5) is 12.0. The maximum atomic E-state index is 12.0. The van der Waals surface area contributed by atoms with Gasteiger partial charge in [-0.15, -0.1) is 0 Å². The van der Waals surface area contributed by atoms with E-state index in [0.717, 1.165) is 31.2 Å². The second-order valence-corrected chi connectivity index (χ2v) is 5.94. The third-order valence-corrected chi connectivity index (χ3v) is 4.18. The third-order valence-electron chi connectivity index (χ3n) is 4.18. The minimum Gasteiger partial charge on any atom is -0.392 e. The zero-order chi connectivity index (χ0) is 14.6. The average molecular weight is 277 g/mol. The molecule has 0 saturated heterocycles. The van der Waals surface area contributed by atoms with Gasteiger partial charge in [0, 0.05) is 12.1 Å². The van der Waals surface area contributed by atoms with Gasteiger partial charge in [-0.2, -0.15) is 0 Å². The summed E-state index contributed by atoms with van der Waals surface area (Å²) in [6.07, 6.45) is 3.52. The van der Waals surface area contributed by atoms with Crippen LogP contribution in [0.4, 0.5) is 0 Å². The Bertz CT molecular complexity index is 447. The monoisotopic (exact) mass is 277 g/mol. The van der Waals surface area contributed by atoms with Gasteiger partial charge < -0.3 is 15.5 Å². The first-order valence-corrected chi connectivity index (χ1v) is 7.23. The van der Waals surface area contributed by atoms with Gasteiger partial charge in [-0.05, 0) is 49.3 Å². The number of aliphatic hydroxyl groups is 2. The van der Waals surface area contributed by atoms with Crippen molar-refractivity contribution in [2.24, 2.45) is 5.92 Å². The molecule has 110 valence electrons. The van der Waals surface area contributed by atoms with E-state index in [1.54, 1.807) is 24.3 Å². The zero-order valence-corrected chi connectivity index (χ0v) is 11.9. The fraction of sp³-hybridized carbons (Fsp3) is 0.562. The van der Waals surface area contributed by atoms with E-state index >= 15 is 0 Å². The molecule has 4 nitrogen and oxygen atoms in total. The van der Waals surface area contributed by atoms with Crippen LogP contribution in [-0.4, -0.2) is 28.3 Å². The van der Waals surface area contributed by atoms with E-state index in [1.807, 2.05) is 0 Å². The van der Waals surface area contributed by atoms with Gasteiger partial charge in [-0.25, -0.2) is 0 Å². The Kier molecular flexibility index (Phi) is 4.78. The lowest BCUT2D eigenvalue weighted by Gasteiger charge is -2.34. The van der Waals surface area contributed by atoms with Crippen molar-refractivity contribution in [1.29, 1.82) is 0 Å². The van der Waals surface area contributed by atoms with Crippen LogP contribution >= 0.6 is 0 Å². The number of amides is 1. The Labute approximate surface area is 119 Å². The van der Waals surface area contributed by atoms with Gasteiger partial charge in [0.15, 0.2) is 0 Å². The molecular formula is C16H23NO3. The number of hydrogen-bond acceptors (Lipinski definition) is 3. The molecule has 0 heterocycles. The van der Waals surface area contributed by atoms with Gasteiger partial charge in [-0.1, -0.05) is 19.1 Å². The zero-order valence-electron chi connectivity index (χ0n) is 11.9. The Morgan fingerprint density at radius 1 is 1.30 bits per heavy atom. The van der Waals surface area contributed by atoms with Crippen molar-refractivity contribution >= 4 is 5.91 Å². The minimum atomic E-state index is -0.757. The van der Waals surface area contributed by atoms with E-state index in [-0.39, 0.29) is 12.5 Å². The summed E-state index contributed by atoms with van der Waals surface area (Å²) in [6, 6.07) is 6.83. The van der Waals surface area contributed by atoms with Gasteiger partial charge in [0.05, 0.1) is 12.2 Å². The smallest absolute Gasteiger partial charge is 0.251 e. The highest BCUT2D eigenvalue weighted by molar-refractivity contribution is 5.94. The van der Waals surface area contributed by atoms with Gasteiger partial charge >= 0.3 is 0 Å². The first-order chi connectivity index (χ1) is 9.52. The molecule has 1 aliphatic rings. The number of rotatable bonds is 4. The van der Waals surface area contributed by atoms with Crippen LogP contribution in [0.15, 0.2) is 24.3 Å². The summed E-state index contributed by atoms with van der Waals surface area (Å²) in [5, 5.41) is 22.2. The van der Waals surface area contributed by atoms with Crippen molar-refractivity contribution in [3.8, 4) is 0 Å². The average Bonchev–Trinajstić information content (AvgIpc) is 2.48. The van der Waals surface area contributed by atoms with Crippen LogP contribution in [0.3, 0.4) is 0 Å². The Hall–Kier alpha value is -1.39. The number of hydrogen-bond donors (Lipinski definition) is 3. The van der Waals surface area contributed by atoms with E-state index in [1.165, 1.54) is 0 Å². The van der Waals surface area contributed by atoms with Gasteiger partial charge in [0.1, 0.15) is 0 Å². The van der Waals surface area contributed by atoms with Crippen LogP contribution in [0.25, 0.3) is 0 Å². The lowest BCUT2D eigenvalue weighted by Crippen LogP contribution is -2.45. The molecule has 0 spiro atoms. The largest absolute Gasteiger partial charge is 0.392 e. The second kappa shape index (κ2) is 6.37. The van der Waals surface area contributed by atoms with E-state index in [4.69, 9.17) is 5.11 Å². The van der Waals surface area contributed by atoms with Crippen LogP contribution in [0.2, 0.25) is 0 Å². The first-order valence-electron chi connectivity index (χ1n) is 7.23. The lowest BCUT2D eigenvalue weighted by molar-refractivity contribution is -0.00539. The second-order valence-electron chi connectivity index (χ2n) is 5.94. The Morgan fingerprint density at radius 2 is 1.90 bits per heavy atom. The van der Waals surface area contributed by atoms with Gasteiger partial charge in [-0.3, -0.25) is 4.79 Å². The normalized spacial score (nSPS) is 26.2. The summed E-state index contributed by atoms with van der Waals surface area (Å²) in [5.74, 6) is 0.485. The molecule has 1 aromatic carbocycles. The van der Waals surface area contributed by atoms with Crippen molar-refractivity contribution in [1.82, 2.24) is 5.32 Å². The molecular weight excluding hydrogens is 254 g/mol. The maximum absolute atomic E-state index is 12.0. The first kappa shape index (κ1) is 15.0. The molecule has 0 aliphatic heterocycles. The molecule has 1 amide bonds. The molecule has 1 fully saturated rings. The molecule has 0 aromatic heterocycles. The summed E-state index contributed by atoms with van der Waals surface area (Å²) < 4.78 is 0. The number of carbonyl (C=O) groups excluding carboxylic acids is 1. The molecule has 20 heavy (non-hydrogen) atoms. The number of nitrogens with one attached hydrogen (secondary N) is 1. The van der Waals surface area contributed by atoms with Gasteiger partial charge in [0.25, 0.3) is 5.91 Å². The molecule has 0 unspecified atom stereocenters. The van der Waals surface area contributed by atoms with Gasteiger partial charge in [0.2, 0.25) is 0 Å². The van der Waals surface area contributed by atoms with E-state index < -0.39 is 5.60 Å². The highest BCUT2D eigenvalue weighted by Gasteiger charge is 2.32. The Balaban J connectivity index is 1.88. The molecule has 0 atom stereocenters. The van der Waals surface area contributed by atoms with Crippen LogP contribution in [0, 0.1) is 5.92 Å². The van der Waals surface area contributed by atoms with Crippen LogP contribution in [-0.2, 0) is 6.61 Å². The van der Waals surface area contributed by atoms with E-state index in [9.17, 15) is 9.90 Å². The molecule has 0 radical (unpaired) electrons. The number of benzene rings is 1. The van der Waals surface area contributed by atoms with Crippen LogP contribution in [0.1, 0.15) is 48.5 Å². The summed E-state index contributed by atoms with van der Waals surface area (Å²) >= 11 is 0. The van der Waals surface area contributed by atoms with Crippen molar-refractivity contribution in [2.45, 2.75) is 44.8 Å². The quantitative estimate of drug-likeness (QED) is 0.786. The number of carbonyl (C=O) groups is 1. The molecule has 4 heteroatoms. The molecule has 1 aliphatic carbocycles. The van der Waals surface area contributed by atoms with Crippen molar-refractivity contribution in [3.63, 3.8) is 0 Å². The summed E-state index contributed by atoms with van der Waals surface area (Å²) in [5.41, 5.74) is 0.573. The predicted octanol–water partition coefficient (Wildman–Crippen LogP) is 1.85. The van der Waals surface area contributed by atoms with Crippen molar-refractivity contribution in [2.75, 3.05) is 6.54 Å². The molecule has 2 rings (SSSR count). The summed E-state index contributed by atoms with van der Waals surface area (Å²) in [6.45, 7) is 2.47. The fourth-order valence-electron chi connectivity index (χ4n) is 2.58. The standard InChI is InChI=1S/C16H23NO3/c1-12-6-8-16(20,9-7-12)11-17-15(19)14-4-2-13(10-18)3-5-14/h2-5,12,18,20H,6-11H2,1H3,(H,17,19). The predicted molar refractivity (Wildman–Crippen MR) is 77.3 cm³/mol. The highest BCUT2D eigenvalue weighted by Crippen LogP contribution is 2.31. The topological polar surface area (TPSA) is 69.6 Å². The molecule has 1 aromatic rings. The SMILES string of the molecule is CC1CCC(O)(CNC(=O)c2ccc(CO)cc2)CC1. The van der Waals surface area contributed by atoms with Crippen LogP contribution in [0.5, 0.6) is 0 Å². The molecule has 0 bridgehead atoms. The Morgan fingerprint density at radius 3 is 2.45 bits per heavy atom. The maximum Gasteiger partial charge on any atom is 0.251 e.